The van der Waals surface area contributed by atoms with Crippen LogP contribution in [0, 0.1) is 0 Å². The summed E-state index contributed by atoms with van der Waals surface area (Å²) in [7, 11) is -3.66. The zero-order valence-electron chi connectivity index (χ0n) is 11.4. The Hall–Kier alpha value is 0.380. The van der Waals surface area contributed by atoms with Crippen LogP contribution in [-0.2, 0) is 14.9 Å². The number of aliphatic carboxylic acids is 1. The van der Waals surface area contributed by atoms with Crippen LogP contribution in [0.3, 0.4) is 0 Å². The van der Waals surface area contributed by atoms with E-state index in [9.17, 15) is 13.2 Å². The van der Waals surface area contributed by atoms with Gasteiger partial charge >= 0.3 is 72.8 Å². The fraction of sp³-hybridized carbons (Fsp3) is 0.909. The first-order valence-electron chi connectivity index (χ1n) is 6.50. The number of carboxylic acids is 1. The molecule has 0 bridgehead atoms. The van der Waals surface area contributed by atoms with Gasteiger partial charge in [-0.05, 0) is 6.42 Å². The molecular formula is C11H23NaO5S. The minimum atomic E-state index is -3.66. The van der Waals surface area contributed by atoms with Gasteiger partial charge in [-0.1, -0.05) is 32.6 Å². The Morgan fingerprint density at radius 1 is 1.11 bits per heavy atom. The van der Waals surface area contributed by atoms with Crippen LogP contribution in [0.15, 0.2) is 0 Å². The molecule has 2 N–H and O–H groups in total. The first-order valence-corrected chi connectivity index (χ1v) is 9.52. The van der Waals surface area contributed by atoms with Crippen molar-refractivity contribution in [3.63, 3.8) is 0 Å². The van der Waals surface area contributed by atoms with E-state index in [0.29, 0.717) is 12.8 Å². The Bertz CT molecular complexity index is 290. The third kappa shape index (κ3) is 25.3. The predicted octanol–water partition coefficient (Wildman–Crippen LogP) is 2.28. The molecule has 0 fully saturated rings. The normalized spacial score (nSPS) is 10.7. The van der Waals surface area contributed by atoms with Crippen molar-refractivity contribution in [1.29, 1.82) is 0 Å². The van der Waals surface area contributed by atoms with Gasteiger partial charge in [0.2, 0.25) is 0 Å². The summed E-state index contributed by atoms with van der Waals surface area (Å²) in [5.74, 6) is -0.743. The number of hydrogen-bond acceptors (Lipinski definition) is 3. The van der Waals surface area contributed by atoms with Crippen molar-refractivity contribution >= 4 is 44.0 Å². The van der Waals surface area contributed by atoms with Crippen LogP contribution in [0.2, 0.25) is 3.67 Å². The van der Waals surface area contributed by atoms with Gasteiger partial charge in [-0.15, -0.1) is 0 Å². The molecule has 0 spiro atoms. The number of hydrogen-bond donors (Lipinski definition) is 2. The van der Waals surface area contributed by atoms with E-state index in [2.05, 4.69) is 6.92 Å². The Kier molecular flexibility index (Phi) is 15.9. The number of unbranched alkanes of at least 4 members (excludes halogenated alkanes) is 4. The molecule has 0 heterocycles. The Morgan fingerprint density at radius 3 is 2.00 bits per heavy atom. The molecule has 0 aliphatic heterocycles. The molecule has 0 saturated heterocycles. The molecule has 0 rings (SSSR count). The zero-order chi connectivity index (χ0) is 14.4. The van der Waals surface area contributed by atoms with E-state index in [0.717, 1.165) is 44.4 Å². The van der Waals surface area contributed by atoms with Crippen LogP contribution >= 0.6 is 0 Å². The summed E-state index contributed by atoms with van der Waals surface area (Å²) in [6.45, 7) is 2.15. The molecule has 104 valence electrons. The van der Waals surface area contributed by atoms with Gasteiger partial charge in [0.15, 0.2) is 0 Å². The van der Waals surface area contributed by atoms with Crippen LogP contribution in [0.5, 0.6) is 0 Å². The van der Waals surface area contributed by atoms with Gasteiger partial charge in [0.1, 0.15) is 0 Å². The molecule has 0 aromatic heterocycles. The van der Waals surface area contributed by atoms with Crippen molar-refractivity contribution < 1.29 is 22.9 Å². The van der Waals surface area contributed by atoms with Crippen molar-refractivity contribution in [3.8, 4) is 0 Å². The number of carboxylic acid groups (broad SMARTS) is 1. The van der Waals surface area contributed by atoms with Gasteiger partial charge < -0.3 is 5.11 Å². The third-order valence-electron chi connectivity index (χ3n) is 2.25. The molecule has 18 heavy (non-hydrogen) atoms. The molecular weight excluding hydrogens is 267 g/mol. The summed E-state index contributed by atoms with van der Waals surface area (Å²) in [4.78, 5) is 10.0. The third-order valence-corrected chi connectivity index (χ3v) is 3.76. The van der Waals surface area contributed by atoms with Crippen molar-refractivity contribution in [3.05, 3.63) is 0 Å². The molecule has 0 aromatic rings. The predicted molar refractivity (Wildman–Crippen MR) is 72.6 cm³/mol. The van der Waals surface area contributed by atoms with E-state index in [1.165, 1.54) is 19.3 Å². The average molecular weight is 290 g/mol. The fourth-order valence-electron chi connectivity index (χ4n) is 1.21. The van der Waals surface area contributed by atoms with Crippen molar-refractivity contribution in [2.45, 2.75) is 55.5 Å². The Balaban J connectivity index is 0. The standard InChI is InChI=1S/C8H16O2.C3H7O3S.Na/c1-2-3-4-5-6-7-8(9)10;1-2-3-7(4,5)6;/h2-7H2,1H3,(H,9,10);1-3H2,(H,4,5,6);. The Labute approximate surface area is 128 Å². The molecule has 0 amide bonds. The molecule has 5 nitrogen and oxygen atoms in total. The quantitative estimate of drug-likeness (QED) is 0.386. The summed E-state index contributed by atoms with van der Waals surface area (Å²) in [5, 5.41) is 8.27. The number of carbonyl (C=O) groups is 1. The van der Waals surface area contributed by atoms with Gasteiger partial charge in [0, 0.05) is 6.42 Å². The summed E-state index contributed by atoms with van der Waals surface area (Å²) >= 11 is 1.01. The van der Waals surface area contributed by atoms with E-state index < -0.39 is 16.1 Å². The second-order valence-electron chi connectivity index (χ2n) is 4.20. The molecule has 0 saturated carbocycles. The molecule has 7 heteroatoms. The number of rotatable bonds is 9. The molecule has 0 radical (unpaired) electrons. The van der Waals surface area contributed by atoms with Gasteiger partial charge in [-0.2, -0.15) is 0 Å². The average Bonchev–Trinajstić information content (AvgIpc) is 2.25. The van der Waals surface area contributed by atoms with E-state index in [4.69, 9.17) is 9.66 Å². The van der Waals surface area contributed by atoms with E-state index in [-0.39, 0.29) is 5.75 Å². The molecule has 0 unspecified atom stereocenters. The molecule has 0 aromatic carbocycles. The fourth-order valence-corrected chi connectivity index (χ4v) is 2.73. The SMILES string of the molecule is CCCCCCCC(=O)O.O=S(=O)(O)CC[CH2][Na]. The van der Waals surface area contributed by atoms with Crippen LogP contribution in [0.1, 0.15) is 51.9 Å². The minimum absolute atomic E-state index is 0.0729. The van der Waals surface area contributed by atoms with Crippen molar-refractivity contribution in [1.82, 2.24) is 0 Å². The first kappa shape index (κ1) is 20.7. The second kappa shape index (κ2) is 13.8. The topological polar surface area (TPSA) is 91.7 Å². The summed E-state index contributed by atoms with van der Waals surface area (Å²) in [6.07, 6.45) is 6.49. The summed E-state index contributed by atoms with van der Waals surface area (Å²) in [5.41, 5.74) is 0. The van der Waals surface area contributed by atoms with Gasteiger partial charge in [0.25, 0.3) is 0 Å². The Morgan fingerprint density at radius 2 is 1.67 bits per heavy atom. The van der Waals surface area contributed by atoms with Crippen LogP contribution in [0.25, 0.3) is 0 Å². The van der Waals surface area contributed by atoms with Crippen molar-refractivity contribution in [2.24, 2.45) is 0 Å². The zero-order valence-corrected chi connectivity index (χ0v) is 14.2. The van der Waals surface area contributed by atoms with Gasteiger partial charge in [-0.25, -0.2) is 0 Å². The van der Waals surface area contributed by atoms with Crippen LogP contribution in [-0.4, -0.2) is 57.7 Å². The van der Waals surface area contributed by atoms with E-state index in [1.807, 2.05) is 0 Å². The molecule has 0 aliphatic rings. The van der Waals surface area contributed by atoms with Crippen molar-refractivity contribution in [2.75, 3.05) is 5.75 Å². The van der Waals surface area contributed by atoms with E-state index >= 15 is 0 Å². The summed E-state index contributed by atoms with van der Waals surface area (Å²) < 4.78 is 29.0. The summed E-state index contributed by atoms with van der Waals surface area (Å²) in [6, 6.07) is 0. The van der Waals surface area contributed by atoms with Crippen LogP contribution in [0.4, 0.5) is 0 Å². The first-order chi connectivity index (χ1) is 8.33. The van der Waals surface area contributed by atoms with Gasteiger partial charge in [-0.3, -0.25) is 4.79 Å². The second-order valence-corrected chi connectivity index (χ2v) is 6.77. The molecule has 0 atom stereocenters. The maximum atomic E-state index is 10.0. The monoisotopic (exact) mass is 290 g/mol. The molecule has 0 aliphatic carbocycles. The van der Waals surface area contributed by atoms with Gasteiger partial charge in [0.05, 0.1) is 0 Å². The maximum absolute atomic E-state index is 10.0. The van der Waals surface area contributed by atoms with E-state index in [1.54, 1.807) is 0 Å². The van der Waals surface area contributed by atoms with Crippen LogP contribution < -0.4 is 0 Å².